The van der Waals surface area contributed by atoms with Crippen molar-refractivity contribution in [3.63, 3.8) is 0 Å². The number of nitrogens with zero attached hydrogens (tertiary/aromatic N) is 2. The van der Waals surface area contributed by atoms with Crippen LogP contribution in [0.25, 0.3) is 0 Å². The summed E-state index contributed by atoms with van der Waals surface area (Å²) in [6.07, 6.45) is 0.922. The molecule has 134 valence electrons. The average molecular weight is 355 g/mol. The van der Waals surface area contributed by atoms with Gasteiger partial charge in [0.2, 0.25) is 15.9 Å². The van der Waals surface area contributed by atoms with Crippen LogP contribution in [0.5, 0.6) is 0 Å². The number of nitrogens with two attached hydrogens (primary N) is 1. The van der Waals surface area contributed by atoms with Crippen LogP contribution < -0.4 is 15.8 Å². The van der Waals surface area contributed by atoms with Gasteiger partial charge in [-0.15, -0.1) is 0 Å². The Balaban J connectivity index is 2.73. The maximum atomic E-state index is 11.6. The van der Waals surface area contributed by atoms with Crippen LogP contribution in [-0.2, 0) is 21.4 Å². The monoisotopic (exact) mass is 355 g/mol. The fourth-order valence-corrected chi connectivity index (χ4v) is 2.21. The molecule has 1 amide bonds. The smallest absolute Gasteiger partial charge is 0.241 e. The molecule has 0 aromatic heterocycles. The van der Waals surface area contributed by atoms with Gasteiger partial charge in [0.15, 0.2) is 5.96 Å². The van der Waals surface area contributed by atoms with Gasteiger partial charge in [0.05, 0.1) is 18.0 Å². The Hall–Kier alpha value is -2.13. The Morgan fingerprint density at radius 2 is 1.83 bits per heavy atom. The van der Waals surface area contributed by atoms with E-state index >= 15 is 0 Å². The Morgan fingerprint density at radius 1 is 1.21 bits per heavy atom. The molecular weight excluding hydrogens is 330 g/mol. The van der Waals surface area contributed by atoms with Crippen LogP contribution in [-0.4, -0.2) is 52.4 Å². The standard InChI is InChI=1S/C15H25N5O3S/c1-4-9-17-15(19-11-14(21)20(2)3)18-10-12-5-7-13(8-6-12)24(16,22)23/h5-8H,4,9-11H2,1-3H3,(H2,16,22,23)(H2,17,18,19). The number of nitrogens with one attached hydrogen (secondary N) is 2. The van der Waals surface area contributed by atoms with E-state index in [4.69, 9.17) is 5.14 Å². The van der Waals surface area contributed by atoms with E-state index in [0.29, 0.717) is 12.5 Å². The largest absolute Gasteiger partial charge is 0.356 e. The van der Waals surface area contributed by atoms with Gasteiger partial charge in [-0.25, -0.2) is 18.5 Å². The number of guanidine groups is 1. The van der Waals surface area contributed by atoms with Crippen LogP contribution >= 0.6 is 0 Å². The summed E-state index contributed by atoms with van der Waals surface area (Å²) >= 11 is 0. The second kappa shape index (κ2) is 9.24. The van der Waals surface area contributed by atoms with Gasteiger partial charge in [-0.1, -0.05) is 19.1 Å². The number of carbonyl (C=O) groups excluding carboxylic acids is 1. The van der Waals surface area contributed by atoms with Crippen LogP contribution in [0.1, 0.15) is 18.9 Å². The number of rotatable bonds is 7. The Bertz CT molecular complexity index is 669. The lowest BCUT2D eigenvalue weighted by molar-refractivity contribution is -0.127. The van der Waals surface area contributed by atoms with Gasteiger partial charge in [-0.2, -0.15) is 0 Å². The van der Waals surface area contributed by atoms with Crippen molar-refractivity contribution in [2.75, 3.05) is 27.2 Å². The summed E-state index contributed by atoms with van der Waals surface area (Å²) in [5, 5.41) is 11.2. The summed E-state index contributed by atoms with van der Waals surface area (Å²) in [6, 6.07) is 6.21. The number of carbonyl (C=O) groups is 1. The second-order valence-electron chi connectivity index (χ2n) is 5.42. The van der Waals surface area contributed by atoms with E-state index in [0.717, 1.165) is 18.5 Å². The molecule has 0 spiro atoms. The predicted molar refractivity (Wildman–Crippen MR) is 93.9 cm³/mol. The van der Waals surface area contributed by atoms with Crippen molar-refractivity contribution in [2.24, 2.45) is 10.1 Å². The summed E-state index contributed by atoms with van der Waals surface area (Å²) in [6.45, 7) is 3.25. The van der Waals surface area contributed by atoms with Crippen molar-refractivity contribution in [1.82, 2.24) is 15.5 Å². The van der Waals surface area contributed by atoms with Crippen LogP contribution in [0.4, 0.5) is 0 Å². The van der Waals surface area contributed by atoms with Crippen molar-refractivity contribution < 1.29 is 13.2 Å². The molecule has 0 saturated heterocycles. The molecular formula is C15H25N5O3S. The minimum Gasteiger partial charge on any atom is -0.356 e. The zero-order chi connectivity index (χ0) is 18.2. The molecule has 0 fully saturated rings. The Labute approximate surface area is 143 Å². The maximum absolute atomic E-state index is 11.6. The van der Waals surface area contributed by atoms with E-state index in [1.807, 2.05) is 6.92 Å². The van der Waals surface area contributed by atoms with Gasteiger partial charge in [0.1, 0.15) is 0 Å². The molecule has 0 atom stereocenters. The molecule has 0 saturated carbocycles. The minimum atomic E-state index is -3.69. The molecule has 0 radical (unpaired) electrons. The van der Waals surface area contributed by atoms with Crippen molar-refractivity contribution in [1.29, 1.82) is 0 Å². The molecule has 0 heterocycles. The molecule has 8 nitrogen and oxygen atoms in total. The quantitative estimate of drug-likeness (QED) is 0.465. The second-order valence-corrected chi connectivity index (χ2v) is 6.98. The predicted octanol–water partition coefficient (Wildman–Crippen LogP) is -0.133. The third-order valence-corrected chi connectivity index (χ3v) is 4.05. The van der Waals surface area contributed by atoms with Gasteiger partial charge in [0, 0.05) is 20.6 Å². The molecule has 0 bridgehead atoms. The number of primary sulfonamides is 1. The lowest BCUT2D eigenvalue weighted by Crippen LogP contribution is -2.43. The summed E-state index contributed by atoms with van der Waals surface area (Å²) < 4.78 is 22.5. The first-order valence-electron chi connectivity index (χ1n) is 7.58. The first-order valence-corrected chi connectivity index (χ1v) is 9.12. The molecule has 24 heavy (non-hydrogen) atoms. The number of aliphatic imine (C=N–C) groups is 1. The third kappa shape index (κ3) is 6.97. The topological polar surface area (TPSA) is 117 Å². The van der Waals surface area contributed by atoms with Gasteiger partial charge in [0.25, 0.3) is 0 Å². The molecule has 0 unspecified atom stereocenters. The number of likely N-dealkylation sites (N-methyl/N-ethyl adjacent to an activating group) is 1. The lowest BCUT2D eigenvalue weighted by Gasteiger charge is -2.14. The van der Waals surface area contributed by atoms with Crippen molar-refractivity contribution in [3.05, 3.63) is 29.8 Å². The van der Waals surface area contributed by atoms with E-state index in [9.17, 15) is 13.2 Å². The normalized spacial score (nSPS) is 11.9. The fourth-order valence-electron chi connectivity index (χ4n) is 1.69. The first kappa shape index (κ1) is 19.9. The Kier molecular flexibility index (Phi) is 7.66. The number of hydrogen-bond acceptors (Lipinski definition) is 4. The third-order valence-electron chi connectivity index (χ3n) is 3.12. The van der Waals surface area contributed by atoms with Crippen LogP contribution in [0.3, 0.4) is 0 Å². The summed E-state index contributed by atoms with van der Waals surface area (Å²) in [5.41, 5.74) is 0.832. The van der Waals surface area contributed by atoms with Gasteiger partial charge in [-0.05, 0) is 24.1 Å². The highest BCUT2D eigenvalue weighted by atomic mass is 32.2. The Morgan fingerprint density at radius 3 is 2.33 bits per heavy atom. The summed E-state index contributed by atoms with van der Waals surface area (Å²) in [5.74, 6) is 0.473. The van der Waals surface area contributed by atoms with E-state index in [1.165, 1.54) is 17.0 Å². The van der Waals surface area contributed by atoms with E-state index in [1.54, 1.807) is 26.2 Å². The van der Waals surface area contributed by atoms with Crippen LogP contribution in [0.15, 0.2) is 34.2 Å². The molecule has 0 aliphatic rings. The molecule has 0 aliphatic carbocycles. The van der Waals surface area contributed by atoms with E-state index in [2.05, 4.69) is 15.6 Å². The number of hydrogen-bond donors (Lipinski definition) is 3. The highest BCUT2D eigenvalue weighted by Crippen LogP contribution is 2.09. The molecule has 1 rings (SSSR count). The average Bonchev–Trinajstić information content (AvgIpc) is 2.53. The van der Waals surface area contributed by atoms with E-state index < -0.39 is 10.0 Å². The number of sulfonamides is 1. The van der Waals surface area contributed by atoms with E-state index in [-0.39, 0.29) is 17.3 Å². The summed E-state index contributed by atoms with van der Waals surface area (Å²) in [4.78, 5) is 17.6. The zero-order valence-corrected chi connectivity index (χ0v) is 15.1. The fraction of sp³-hybridized carbons (Fsp3) is 0.467. The molecule has 1 aromatic rings. The van der Waals surface area contributed by atoms with Crippen LogP contribution in [0, 0.1) is 0 Å². The minimum absolute atomic E-state index is 0.0569. The number of amides is 1. The van der Waals surface area contributed by atoms with Crippen molar-refractivity contribution in [3.8, 4) is 0 Å². The summed E-state index contributed by atoms with van der Waals surface area (Å²) in [7, 11) is -0.316. The van der Waals surface area contributed by atoms with Crippen LogP contribution in [0.2, 0.25) is 0 Å². The lowest BCUT2D eigenvalue weighted by atomic mass is 10.2. The molecule has 1 aromatic carbocycles. The van der Waals surface area contributed by atoms with Gasteiger partial charge < -0.3 is 15.5 Å². The highest BCUT2D eigenvalue weighted by molar-refractivity contribution is 7.89. The van der Waals surface area contributed by atoms with Crippen molar-refractivity contribution >= 4 is 21.9 Å². The molecule has 0 aliphatic heterocycles. The number of benzene rings is 1. The van der Waals surface area contributed by atoms with Gasteiger partial charge in [-0.3, -0.25) is 4.79 Å². The zero-order valence-electron chi connectivity index (χ0n) is 14.2. The highest BCUT2D eigenvalue weighted by Gasteiger charge is 2.07. The SMILES string of the molecule is CCCNC(=NCc1ccc(S(N)(=O)=O)cc1)NCC(=O)N(C)C. The molecule has 9 heteroatoms. The first-order chi connectivity index (χ1) is 11.2. The molecule has 4 N–H and O–H groups in total. The maximum Gasteiger partial charge on any atom is 0.241 e. The van der Waals surface area contributed by atoms with Crippen molar-refractivity contribution in [2.45, 2.75) is 24.8 Å². The van der Waals surface area contributed by atoms with Gasteiger partial charge >= 0.3 is 0 Å².